The van der Waals surface area contributed by atoms with Crippen molar-refractivity contribution < 1.29 is 4.79 Å². The molecule has 2 rings (SSSR count). The van der Waals surface area contributed by atoms with E-state index in [-0.39, 0.29) is 6.03 Å². The highest BCUT2D eigenvalue weighted by molar-refractivity contribution is 9.10. The summed E-state index contributed by atoms with van der Waals surface area (Å²) in [6.45, 7) is 0. The molecule has 106 valence electrons. The maximum atomic E-state index is 12.0. The van der Waals surface area contributed by atoms with Crippen molar-refractivity contribution in [3.8, 4) is 11.3 Å². The molecule has 2 amide bonds. The average molecular weight is 337 g/mol. The monoisotopic (exact) mass is 336 g/mol. The Labute approximate surface area is 126 Å². The third kappa shape index (κ3) is 2.85. The van der Waals surface area contributed by atoms with Gasteiger partial charge in [0, 0.05) is 45.6 Å². The number of carbonyl (C=O) groups excluding carboxylic acids is 1. The van der Waals surface area contributed by atoms with Crippen LogP contribution in [0.2, 0.25) is 0 Å². The Kier molecular flexibility index (Phi) is 4.13. The van der Waals surface area contributed by atoms with E-state index in [1.807, 2.05) is 37.5 Å². The third-order valence-corrected chi connectivity index (χ3v) is 3.54. The molecule has 0 atom stereocenters. The van der Waals surface area contributed by atoms with Gasteiger partial charge in [0.1, 0.15) is 5.69 Å². The summed E-state index contributed by atoms with van der Waals surface area (Å²) in [5.41, 5.74) is 2.66. The van der Waals surface area contributed by atoms with Gasteiger partial charge >= 0.3 is 6.03 Å². The second kappa shape index (κ2) is 5.66. The van der Waals surface area contributed by atoms with E-state index in [0.717, 1.165) is 21.4 Å². The average Bonchev–Trinajstić information content (AvgIpc) is 2.76. The number of aromatic nitrogens is 2. The zero-order chi connectivity index (χ0) is 14.9. The lowest BCUT2D eigenvalue weighted by Crippen LogP contribution is -2.36. The molecule has 0 bridgehead atoms. The van der Waals surface area contributed by atoms with Crippen molar-refractivity contribution in [1.82, 2.24) is 14.7 Å². The first-order chi connectivity index (χ1) is 9.40. The molecule has 0 saturated carbocycles. The summed E-state index contributed by atoms with van der Waals surface area (Å²) in [6.07, 6.45) is 1.90. The van der Waals surface area contributed by atoms with Gasteiger partial charge in [0.25, 0.3) is 0 Å². The summed E-state index contributed by atoms with van der Waals surface area (Å²) in [5, 5.41) is 4.42. The van der Waals surface area contributed by atoms with Gasteiger partial charge < -0.3 is 4.90 Å². The summed E-state index contributed by atoms with van der Waals surface area (Å²) in [6, 6.07) is 7.69. The Morgan fingerprint density at radius 1 is 1.30 bits per heavy atom. The minimum Gasteiger partial charge on any atom is -0.330 e. The lowest BCUT2D eigenvalue weighted by Gasteiger charge is -2.22. The molecule has 0 aliphatic heterocycles. The molecule has 1 aromatic carbocycles. The van der Waals surface area contributed by atoms with E-state index in [1.54, 1.807) is 35.6 Å². The van der Waals surface area contributed by atoms with Crippen molar-refractivity contribution in [3.63, 3.8) is 0 Å². The second-order valence-corrected chi connectivity index (χ2v) is 5.64. The fourth-order valence-corrected chi connectivity index (χ4v) is 2.53. The maximum Gasteiger partial charge on any atom is 0.323 e. The van der Waals surface area contributed by atoms with Crippen LogP contribution in [-0.2, 0) is 7.05 Å². The number of benzene rings is 1. The van der Waals surface area contributed by atoms with Crippen LogP contribution < -0.4 is 4.90 Å². The van der Waals surface area contributed by atoms with Crippen molar-refractivity contribution in [2.45, 2.75) is 0 Å². The van der Waals surface area contributed by atoms with Crippen molar-refractivity contribution in [1.29, 1.82) is 0 Å². The van der Waals surface area contributed by atoms with Crippen molar-refractivity contribution in [2.24, 2.45) is 7.05 Å². The standard InChI is InChI=1S/C14H17BrN4O/c1-17(2)14(20)19(4)11-7-5-6-10(8-11)13-12(15)9-18(3)16-13/h5-9H,1-4H3. The molecule has 0 N–H and O–H groups in total. The van der Waals surface area contributed by atoms with Crippen LogP contribution in [0.1, 0.15) is 0 Å². The number of anilines is 1. The number of nitrogens with zero attached hydrogens (tertiary/aromatic N) is 4. The molecule has 0 spiro atoms. The molecule has 2 aromatic rings. The normalized spacial score (nSPS) is 10.4. The quantitative estimate of drug-likeness (QED) is 0.845. The highest BCUT2D eigenvalue weighted by Crippen LogP contribution is 2.29. The van der Waals surface area contributed by atoms with Crippen molar-refractivity contribution in [3.05, 3.63) is 34.9 Å². The smallest absolute Gasteiger partial charge is 0.323 e. The predicted octanol–water partition coefficient (Wildman–Crippen LogP) is 2.97. The van der Waals surface area contributed by atoms with E-state index in [0.29, 0.717) is 0 Å². The van der Waals surface area contributed by atoms with Gasteiger partial charge in [0.2, 0.25) is 0 Å². The van der Waals surface area contributed by atoms with Crippen LogP contribution in [0, 0.1) is 0 Å². The number of carbonyl (C=O) groups is 1. The number of amides is 2. The van der Waals surface area contributed by atoms with Gasteiger partial charge in [0.05, 0.1) is 4.47 Å². The maximum absolute atomic E-state index is 12.0. The largest absolute Gasteiger partial charge is 0.330 e. The van der Waals surface area contributed by atoms with E-state index >= 15 is 0 Å². The Balaban J connectivity index is 2.38. The first kappa shape index (κ1) is 14.6. The molecule has 0 unspecified atom stereocenters. The second-order valence-electron chi connectivity index (χ2n) is 4.79. The molecular weight excluding hydrogens is 320 g/mol. The van der Waals surface area contributed by atoms with E-state index in [2.05, 4.69) is 21.0 Å². The zero-order valence-electron chi connectivity index (χ0n) is 12.0. The molecule has 0 aliphatic carbocycles. The van der Waals surface area contributed by atoms with E-state index in [9.17, 15) is 4.79 Å². The first-order valence-electron chi connectivity index (χ1n) is 6.14. The third-order valence-electron chi connectivity index (χ3n) is 2.96. The van der Waals surface area contributed by atoms with Gasteiger partial charge in [-0.05, 0) is 28.1 Å². The van der Waals surface area contributed by atoms with Crippen LogP contribution in [0.25, 0.3) is 11.3 Å². The zero-order valence-corrected chi connectivity index (χ0v) is 13.5. The molecule has 0 radical (unpaired) electrons. The summed E-state index contributed by atoms with van der Waals surface area (Å²) in [5.74, 6) is 0. The fraction of sp³-hybridized carbons (Fsp3) is 0.286. The topological polar surface area (TPSA) is 41.4 Å². The Bertz CT molecular complexity index is 636. The van der Waals surface area contributed by atoms with Gasteiger partial charge in [-0.2, -0.15) is 5.10 Å². The minimum absolute atomic E-state index is 0.0674. The van der Waals surface area contributed by atoms with Gasteiger partial charge in [-0.15, -0.1) is 0 Å². The molecule has 0 fully saturated rings. The van der Waals surface area contributed by atoms with Gasteiger partial charge in [0.15, 0.2) is 0 Å². The summed E-state index contributed by atoms with van der Waals surface area (Å²) in [7, 11) is 7.10. The van der Waals surface area contributed by atoms with Crippen LogP contribution >= 0.6 is 15.9 Å². The molecule has 1 heterocycles. The number of hydrogen-bond donors (Lipinski definition) is 0. The van der Waals surface area contributed by atoms with Gasteiger partial charge in [-0.3, -0.25) is 9.58 Å². The van der Waals surface area contributed by atoms with Crippen LogP contribution in [0.3, 0.4) is 0 Å². The predicted molar refractivity (Wildman–Crippen MR) is 83.8 cm³/mol. The van der Waals surface area contributed by atoms with Crippen LogP contribution in [0.4, 0.5) is 10.5 Å². The number of hydrogen-bond acceptors (Lipinski definition) is 2. The molecule has 20 heavy (non-hydrogen) atoms. The summed E-state index contributed by atoms with van der Waals surface area (Å²) < 4.78 is 2.68. The molecular formula is C14H17BrN4O. The highest BCUT2D eigenvalue weighted by Gasteiger charge is 2.14. The molecule has 0 saturated heterocycles. The minimum atomic E-state index is -0.0674. The van der Waals surface area contributed by atoms with Gasteiger partial charge in [-0.25, -0.2) is 4.79 Å². The molecule has 6 heteroatoms. The summed E-state index contributed by atoms with van der Waals surface area (Å²) >= 11 is 3.50. The SMILES string of the molecule is CN(C)C(=O)N(C)c1cccc(-c2nn(C)cc2Br)c1. The Morgan fingerprint density at radius 3 is 2.55 bits per heavy atom. The van der Waals surface area contributed by atoms with Crippen LogP contribution in [0.15, 0.2) is 34.9 Å². The number of urea groups is 1. The highest BCUT2D eigenvalue weighted by atomic mass is 79.9. The molecule has 0 aliphatic rings. The Morgan fingerprint density at radius 2 is 2.00 bits per heavy atom. The van der Waals surface area contributed by atoms with E-state index in [1.165, 1.54) is 0 Å². The lowest BCUT2D eigenvalue weighted by molar-refractivity contribution is 0.225. The number of rotatable bonds is 2. The van der Waals surface area contributed by atoms with E-state index < -0.39 is 0 Å². The van der Waals surface area contributed by atoms with E-state index in [4.69, 9.17) is 0 Å². The number of halogens is 1. The van der Waals surface area contributed by atoms with Crippen LogP contribution in [-0.4, -0.2) is 41.9 Å². The lowest BCUT2D eigenvalue weighted by atomic mass is 10.1. The summed E-state index contributed by atoms with van der Waals surface area (Å²) in [4.78, 5) is 15.1. The van der Waals surface area contributed by atoms with Crippen LogP contribution in [0.5, 0.6) is 0 Å². The molecule has 5 nitrogen and oxygen atoms in total. The Hall–Kier alpha value is -1.82. The first-order valence-corrected chi connectivity index (χ1v) is 6.94. The van der Waals surface area contributed by atoms with Gasteiger partial charge in [-0.1, -0.05) is 12.1 Å². The van der Waals surface area contributed by atoms with Crippen molar-refractivity contribution in [2.75, 3.05) is 26.0 Å². The molecule has 1 aromatic heterocycles. The number of aryl methyl sites for hydroxylation is 1. The fourth-order valence-electron chi connectivity index (χ4n) is 1.93. The van der Waals surface area contributed by atoms with Crippen molar-refractivity contribution >= 4 is 27.6 Å².